The molecule has 1 saturated heterocycles. The van der Waals surface area contributed by atoms with Crippen molar-refractivity contribution in [1.82, 2.24) is 15.2 Å². The fourth-order valence-corrected chi connectivity index (χ4v) is 2.74. The SMILES string of the molecule is Nc1nnc(N2CCCC(CO)C2)c(-c2ccccc2)n1. The van der Waals surface area contributed by atoms with Crippen molar-refractivity contribution in [2.24, 2.45) is 5.92 Å². The largest absolute Gasteiger partial charge is 0.396 e. The highest BCUT2D eigenvalue weighted by molar-refractivity contribution is 5.72. The van der Waals surface area contributed by atoms with Gasteiger partial charge in [0.05, 0.1) is 0 Å². The van der Waals surface area contributed by atoms with Gasteiger partial charge in [-0.15, -0.1) is 10.2 Å². The number of benzene rings is 1. The van der Waals surface area contributed by atoms with Gasteiger partial charge in [0.2, 0.25) is 5.95 Å². The summed E-state index contributed by atoms with van der Waals surface area (Å²) in [4.78, 5) is 6.51. The fourth-order valence-electron chi connectivity index (χ4n) is 2.74. The van der Waals surface area contributed by atoms with Crippen molar-refractivity contribution < 1.29 is 5.11 Å². The maximum Gasteiger partial charge on any atom is 0.240 e. The van der Waals surface area contributed by atoms with Crippen LogP contribution in [0.4, 0.5) is 11.8 Å². The third kappa shape index (κ3) is 2.95. The zero-order chi connectivity index (χ0) is 14.7. The average molecular weight is 285 g/mol. The second kappa shape index (κ2) is 6.05. The van der Waals surface area contributed by atoms with Crippen LogP contribution in [-0.2, 0) is 0 Å². The minimum Gasteiger partial charge on any atom is -0.396 e. The number of hydrogen-bond acceptors (Lipinski definition) is 6. The molecule has 2 aromatic rings. The lowest BCUT2D eigenvalue weighted by atomic mass is 9.98. The van der Waals surface area contributed by atoms with Gasteiger partial charge in [-0.25, -0.2) is 4.98 Å². The lowest BCUT2D eigenvalue weighted by molar-refractivity contribution is 0.208. The highest BCUT2D eigenvalue weighted by Gasteiger charge is 2.24. The van der Waals surface area contributed by atoms with Crippen LogP contribution in [-0.4, -0.2) is 40.0 Å². The Morgan fingerprint density at radius 2 is 2.05 bits per heavy atom. The number of aliphatic hydroxyl groups excluding tert-OH is 1. The number of aromatic nitrogens is 3. The van der Waals surface area contributed by atoms with E-state index in [2.05, 4.69) is 20.1 Å². The molecule has 0 amide bonds. The van der Waals surface area contributed by atoms with E-state index in [0.29, 0.717) is 0 Å². The zero-order valence-electron chi connectivity index (χ0n) is 11.8. The van der Waals surface area contributed by atoms with E-state index in [1.165, 1.54) is 0 Å². The van der Waals surface area contributed by atoms with Crippen molar-refractivity contribution in [2.75, 3.05) is 30.3 Å². The molecule has 2 heterocycles. The molecule has 1 aliphatic rings. The summed E-state index contributed by atoms with van der Waals surface area (Å²) in [6, 6.07) is 9.86. The molecule has 3 rings (SSSR count). The van der Waals surface area contributed by atoms with E-state index in [9.17, 15) is 5.11 Å². The molecule has 0 saturated carbocycles. The summed E-state index contributed by atoms with van der Waals surface area (Å²) < 4.78 is 0. The Balaban J connectivity index is 1.98. The monoisotopic (exact) mass is 285 g/mol. The average Bonchev–Trinajstić information content (AvgIpc) is 2.55. The Morgan fingerprint density at radius 1 is 1.24 bits per heavy atom. The van der Waals surface area contributed by atoms with Crippen LogP contribution in [0.1, 0.15) is 12.8 Å². The Bertz CT molecular complexity index is 604. The Morgan fingerprint density at radius 3 is 2.81 bits per heavy atom. The summed E-state index contributed by atoms with van der Waals surface area (Å²) in [5.74, 6) is 1.20. The Hall–Kier alpha value is -2.21. The molecule has 1 atom stereocenters. The number of aliphatic hydroxyl groups is 1. The van der Waals surface area contributed by atoms with Gasteiger partial charge in [0.1, 0.15) is 5.69 Å². The van der Waals surface area contributed by atoms with Gasteiger partial charge in [0.25, 0.3) is 0 Å². The first-order chi connectivity index (χ1) is 10.3. The molecule has 1 fully saturated rings. The van der Waals surface area contributed by atoms with Crippen LogP contribution in [0.15, 0.2) is 30.3 Å². The predicted molar refractivity (Wildman–Crippen MR) is 81.7 cm³/mol. The molecule has 0 radical (unpaired) electrons. The normalized spacial score (nSPS) is 18.7. The van der Waals surface area contributed by atoms with Gasteiger partial charge in [0, 0.05) is 25.3 Å². The number of anilines is 2. The quantitative estimate of drug-likeness (QED) is 0.884. The highest BCUT2D eigenvalue weighted by atomic mass is 16.3. The Kier molecular flexibility index (Phi) is 3.96. The van der Waals surface area contributed by atoms with E-state index in [-0.39, 0.29) is 18.5 Å². The van der Waals surface area contributed by atoms with Gasteiger partial charge >= 0.3 is 0 Å². The summed E-state index contributed by atoms with van der Waals surface area (Å²) in [5.41, 5.74) is 7.43. The van der Waals surface area contributed by atoms with E-state index in [1.807, 2.05) is 30.3 Å². The number of rotatable bonds is 3. The van der Waals surface area contributed by atoms with E-state index in [0.717, 1.165) is 43.0 Å². The molecule has 0 spiro atoms. The van der Waals surface area contributed by atoms with Crippen molar-refractivity contribution in [2.45, 2.75) is 12.8 Å². The van der Waals surface area contributed by atoms with Crippen molar-refractivity contribution in [1.29, 1.82) is 0 Å². The molecular formula is C15H19N5O. The van der Waals surface area contributed by atoms with Gasteiger partial charge in [-0.1, -0.05) is 30.3 Å². The summed E-state index contributed by atoms with van der Waals surface area (Å²) in [7, 11) is 0. The van der Waals surface area contributed by atoms with E-state index < -0.39 is 0 Å². The second-order valence-corrected chi connectivity index (χ2v) is 5.35. The standard InChI is InChI=1S/C15H19N5O/c16-15-17-13(12-6-2-1-3-7-12)14(18-19-15)20-8-4-5-11(9-20)10-21/h1-3,6-7,11,21H,4-5,8-10H2,(H2,16,17,19). The second-order valence-electron chi connectivity index (χ2n) is 5.35. The molecule has 0 bridgehead atoms. The van der Waals surface area contributed by atoms with Crippen LogP contribution in [0.5, 0.6) is 0 Å². The third-order valence-electron chi connectivity index (χ3n) is 3.81. The molecule has 110 valence electrons. The van der Waals surface area contributed by atoms with Gasteiger partial charge in [-0.2, -0.15) is 0 Å². The fraction of sp³-hybridized carbons (Fsp3) is 0.400. The van der Waals surface area contributed by atoms with Crippen LogP contribution < -0.4 is 10.6 Å². The van der Waals surface area contributed by atoms with Crippen LogP contribution in [0.2, 0.25) is 0 Å². The van der Waals surface area contributed by atoms with E-state index in [1.54, 1.807) is 0 Å². The number of hydrogen-bond donors (Lipinski definition) is 2. The maximum absolute atomic E-state index is 9.39. The number of nitrogen functional groups attached to an aromatic ring is 1. The van der Waals surface area contributed by atoms with Crippen LogP contribution in [0.25, 0.3) is 11.3 Å². The van der Waals surface area contributed by atoms with Crippen LogP contribution in [0.3, 0.4) is 0 Å². The van der Waals surface area contributed by atoms with E-state index >= 15 is 0 Å². The van der Waals surface area contributed by atoms with Crippen molar-refractivity contribution in [3.63, 3.8) is 0 Å². The minimum atomic E-state index is 0.174. The number of piperidine rings is 1. The summed E-state index contributed by atoms with van der Waals surface area (Å²) in [6.07, 6.45) is 2.08. The molecular weight excluding hydrogens is 266 g/mol. The van der Waals surface area contributed by atoms with E-state index in [4.69, 9.17) is 5.73 Å². The molecule has 1 aliphatic heterocycles. The molecule has 3 N–H and O–H groups in total. The summed E-state index contributed by atoms with van der Waals surface area (Å²) in [5, 5.41) is 17.5. The first kappa shape index (κ1) is 13.8. The topological polar surface area (TPSA) is 88.2 Å². The van der Waals surface area contributed by atoms with Crippen LogP contribution in [0, 0.1) is 5.92 Å². The van der Waals surface area contributed by atoms with Crippen molar-refractivity contribution in [3.8, 4) is 11.3 Å². The Labute approximate surface area is 123 Å². The highest BCUT2D eigenvalue weighted by Crippen LogP contribution is 2.29. The van der Waals surface area contributed by atoms with Crippen molar-refractivity contribution >= 4 is 11.8 Å². The third-order valence-corrected chi connectivity index (χ3v) is 3.81. The smallest absolute Gasteiger partial charge is 0.240 e. The van der Waals surface area contributed by atoms with Gasteiger partial charge in [0.15, 0.2) is 5.82 Å². The maximum atomic E-state index is 9.39. The van der Waals surface area contributed by atoms with Gasteiger partial charge < -0.3 is 15.7 Å². The number of nitrogens with zero attached hydrogens (tertiary/aromatic N) is 4. The molecule has 21 heavy (non-hydrogen) atoms. The predicted octanol–water partition coefficient (Wildman–Crippen LogP) is 1.33. The van der Waals surface area contributed by atoms with Gasteiger partial charge in [-0.05, 0) is 18.8 Å². The molecule has 1 unspecified atom stereocenters. The lowest BCUT2D eigenvalue weighted by Gasteiger charge is -2.33. The van der Waals surface area contributed by atoms with Crippen molar-refractivity contribution in [3.05, 3.63) is 30.3 Å². The van der Waals surface area contributed by atoms with Gasteiger partial charge in [-0.3, -0.25) is 0 Å². The molecule has 6 heteroatoms. The molecule has 0 aliphatic carbocycles. The first-order valence-corrected chi connectivity index (χ1v) is 7.19. The molecule has 1 aromatic heterocycles. The van der Waals surface area contributed by atoms with Crippen LogP contribution >= 0.6 is 0 Å². The summed E-state index contributed by atoms with van der Waals surface area (Å²) in [6.45, 7) is 1.88. The minimum absolute atomic E-state index is 0.174. The first-order valence-electron chi connectivity index (χ1n) is 7.19. The zero-order valence-corrected chi connectivity index (χ0v) is 11.8. The lowest BCUT2D eigenvalue weighted by Crippen LogP contribution is -2.38. The summed E-state index contributed by atoms with van der Waals surface area (Å²) >= 11 is 0. The molecule has 6 nitrogen and oxygen atoms in total. The number of nitrogens with two attached hydrogens (primary N) is 1. The molecule has 1 aromatic carbocycles.